The molecule has 0 saturated heterocycles. The molecule has 6 nitrogen and oxygen atoms in total. The van der Waals surface area contributed by atoms with Crippen molar-refractivity contribution in [3.05, 3.63) is 30.4 Å². The standard InChI is InChI=1S/C13H19N5O/c1-3-8-19-13-9-12(15-10-16-13)14-6-4-11-5-7-18(2)17-11/h5,7,9-10H,3-4,6,8H2,1-2H3,(H,14,15,16). The fraction of sp³-hybridized carbons (Fsp3) is 0.462. The van der Waals surface area contributed by atoms with Gasteiger partial charge in [0.25, 0.3) is 0 Å². The van der Waals surface area contributed by atoms with E-state index < -0.39 is 0 Å². The van der Waals surface area contributed by atoms with E-state index in [0.717, 1.165) is 30.9 Å². The first-order chi connectivity index (χ1) is 9.28. The number of nitrogens with one attached hydrogen (secondary N) is 1. The average molecular weight is 261 g/mol. The Morgan fingerprint density at radius 3 is 3.00 bits per heavy atom. The minimum absolute atomic E-state index is 0.609. The van der Waals surface area contributed by atoms with Gasteiger partial charge >= 0.3 is 0 Å². The van der Waals surface area contributed by atoms with Crippen LogP contribution in [0.1, 0.15) is 19.0 Å². The van der Waals surface area contributed by atoms with Gasteiger partial charge in [0.15, 0.2) is 0 Å². The van der Waals surface area contributed by atoms with Crippen LogP contribution in [0, 0.1) is 0 Å². The Kier molecular flexibility index (Phi) is 4.72. The molecule has 1 N–H and O–H groups in total. The van der Waals surface area contributed by atoms with Gasteiger partial charge in [-0.2, -0.15) is 5.10 Å². The van der Waals surface area contributed by atoms with Crippen LogP contribution in [0.2, 0.25) is 0 Å². The molecule has 2 aromatic heterocycles. The monoisotopic (exact) mass is 261 g/mol. The first kappa shape index (κ1) is 13.3. The molecule has 0 fully saturated rings. The van der Waals surface area contributed by atoms with Crippen LogP contribution in [0.3, 0.4) is 0 Å². The second-order valence-corrected chi connectivity index (χ2v) is 4.25. The van der Waals surface area contributed by atoms with Crippen LogP contribution in [0.5, 0.6) is 5.88 Å². The molecule has 0 bridgehead atoms. The van der Waals surface area contributed by atoms with E-state index in [2.05, 4.69) is 27.3 Å². The Hall–Kier alpha value is -2.11. The molecule has 2 heterocycles. The summed E-state index contributed by atoms with van der Waals surface area (Å²) >= 11 is 0. The molecule has 0 saturated carbocycles. The molecular weight excluding hydrogens is 242 g/mol. The lowest BCUT2D eigenvalue weighted by molar-refractivity contribution is 0.305. The molecular formula is C13H19N5O. The zero-order chi connectivity index (χ0) is 13.5. The highest BCUT2D eigenvalue weighted by Crippen LogP contribution is 2.11. The Labute approximate surface area is 112 Å². The summed E-state index contributed by atoms with van der Waals surface area (Å²) in [4.78, 5) is 8.21. The molecule has 2 rings (SSSR count). The molecule has 0 aromatic carbocycles. The number of ether oxygens (including phenoxy) is 1. The van der Waals surface area contributed by atoms with Gasteiger partial charge in [0, 0.05) is 32.3 Å². The number of rotatable bonds is 7. The minimum atomic E-state index is 0.609. The number of nitrogens with zero attached hydrogens (tertiary/aromatic N) is 4. The van der Waals surface area contributed by atoms with Gasteiger partial charge in [-0.3, -0.25) is 4.68 Å². The molecule has 0 aliphatic rings. The van der Waals surface area contributed by atoms with E-state index in [-0.39, 0.29) is 0 Å². The van der Waals surface area contributed by atoms with Crippen LogP contribution in [0.4, 0.5) is 5.82 Å². The zero-order valence-corrected chi connectivity index (χ0v) is 11.3. The number of anilines is 1. The SMILES string of the molecule is CCCOc1cc(NCCc2ccn(C)n2)ncn1. The predicted molar refractivity (Wildman–Crippen MR) is 73.2 cm³/mol. The van der Waals surface area contributed by atoms with Crippen molar-refractivity contribution in [2.24, 2.45) is 7.05 Å². The van der Waals surface area contributed by atoms with Gasteiger partial charge in [0.05, 0.1) is 12.3 Å². The summed E-state index contributed by atoms with van der Waals surface area (Å²) in [5.41, 5.74) is 1.06. The second-order valence-electron chi connectivity index (χ2n) is 4.25. The first-order valence-corrected chi connectivity index (χ1v) is 6.45. The molecule has 102 valence electrons. The molecule has 2 aromatic rings. The highest BCUT2D eigenvalue weighted by atomic mass is 16.5. The molecule has 0 aliphatic heterocycles. The molecule has 0 spiro atoms. The number of aryl methyl sites for hydroxylation is 1. The largest absolute Gasteiger partial charge is 0.478 e. The van der Waals surface area contributed by atoms with Gasteiger partial charge in [-0.1, -0.05) is 6.92 Å². The lowest BCUT2D eigenvalue weighted by Gasteiger charge is -2.06. The van der Waals surface area contributed by atoms with Gasteiger partial charge in [0.2, 0.25) is 5.88 Å². The third kappa shape index (κ3) is 4.24. The summed E-state index contributed by atoms with van der Waals surface area (Å²) in [5, 5.41) is 7.56. The molecule has 6 heteroatoms. The lowest BCUT2D eigenvalue weighted by atomic mass is 10.3. The maximum absolute atomic E-state index is 5.46. The van der Waals surface area contributed by atoms with Crippen LogP contribution in [-0.4, -0.2) is 32.9 Å². The highest BCUT2D eigenvalue weighted by Gasteiger charge is 2.00. The topological polar surface area (TPSA) is 64.9 Å². The molecule has 0 amide bonds. The van der Waals surface area contributed by atoms with Crippen molar-refractivity contribution in [3.63, 3.8) is 0 Å². The normalized spacial score (nSPS) is 10.4. The second kappa shape index (κ2) is 6.72. The van der Waals surface area contributed by atoms with E-state index >= 15 is 0 Å². The Balaban J connectivity index is 1.82. The Bertz CT molecular complexity index is 511. The maximum Gasteiger partial charge on any atom is 0.218 e. The third-order valence-corrected chi connectivity index (χ3v) is 2.55. The van der Waals surface area contributed by atoms with E-state index in [1.807, 2.05) is 25.4 Å². The lowest BCUT2D eigenvalue weighted by Crippen LogP contribution is -2.08. The number of hydrogen-bond donors (Lipinski definition) is 1. The minimum Gasteiger partial charge on any atom is -0.478 e. The van der Waals surface area contributed by atoms with Gasteiger partial charge in [-0.25, -0.2) is 9.97 Å². The molecule has 0 atom stereocenters. The quantitative estimate of drug-likeness (QED) is 0.821. The summed E-state index contributed by atoms with van der Waals surface area (Å²) < 4.78 is 7.26. The number of hydrogen-bond acceptors (Lipinski definition) is 5. The smallest absolute Gasteiger partial charge is 0.218 e. The van der Waals surface area contributed by atoms with Crippen molar-refractivity contribution in [2.75, 3.05) is 18.5 Å². The highest BCUT2D eigenvalue weighted by molar-refractivity contribution is 5.37. The average Bonchev–Trinajstić information content (AvgIpc) is 2.83. The first-order valence-electron chi connectivity index (χ1n) is 6.45. The van der Waals surface area contributed by atoms with Crippen molar-refractivity contribution in [2.45, 2.75) is 19.8 Å². The van der Waals surface area contributed by atoms with E-state index in [4.69, 9.17) is 4.74 Å². The van der Waals surface area contributed by atoms with Gasteiger partial charge in [0.1, 0.15) is 12.1 Å². The van der Waals surface area contributed by atoms with Crippen molar-refractivity contribution in [3.8, 4) is 5.88 Å². The molecule has 0 radical (unpaired) electrons. The van der Waals surface area contributed by atoms with Crippen molar-refractivity contribution in [1.29, 1.82) is 0 Å². The zero-order valence-electron chi connectivity index (χ0n) is 11.3. The summed E-state index contributed by atoms with van der Waals surface area (Å²) in [5.74, 6) is 1.38. The fourth-order valence-corrected chi connectivity index (χ4v) is 1.64. The maximum atomic E-state index is 5.46. The van der Waals surface area contributed by atoms with Crippen molar-refractivity contribution < 1.29 is 4.74 Å². The van der Waals surface area contributed by atoms with Gasteiger partial charge < -0.3 is 10.1 Å². The van der Waals surface area contributed by atoms with Crippen molar-refractivity contribution >= 4 is 5.82 Å². The van der Waals surface area contributed by atoms with E-state index in [1.54, 1.807) is 4.68 Å². The molecule has 19 heavy (non-hydrogen) atoms. The van der Waals surface area contributed by atoms with Gasteiger partial charge in [-0.05, 0) is 12.5 Å². The van der Waals surface area contributed by atoms with Crippen LogP contribution in [0.25, 0.3) is 0 Å². The molecule has 0 aliphatic carbocycles. The van der Waals surface area contributed by atoms with Crippen molar-refractivity contribution in [1.82, 2.24) is 19.7 Å². The Morgan fingerprint density at radius 2 is 2.26 bits per heavy atom. The van der Waals surface area contributed by atoms with E-state index in [1.165, 1.54) is 6.33 Å². The fourth-order valence-electron chi connectivity index (χ4n) is 1.64. The van der Waals surface area contributed by atoms with Crippen LogP contribution >= 0.6 is 0 Å². The van der Waals surface area contributed by atoms with Crippen LogP contribution in [0.15, 0.2) is 24.7 Å². The number of aromatic nitrogens is 4. The predicted octanol–water partition coefficient (Wildman–Crippen LogP) is 1.65. The summed E-state index contributed by atoms with van der Waals surface area (Å²) in [7, 11) is 1.92. The van der Waals surface area contributed by atoms with Gasteiger partial charge in [-0.15, -0.1) is 0 Å². The summed E-state index contributed by atoms with van der Waals surface area (Å²) in [6.07, 6.45) is 5.27. The van der Waals surface area contributed by atoms with Crippen LogP contribution < -0.4 is 10.1 Å². The van der Waals surface area contributed by atoms with Crippen LogP contribution in [-0.2, 0) is 13.5 Å². The Morgan fingerprint density at radius 1 is 1.37 bits per heavy atom. The molecule has 0 unspecified atom stereocenters. The summed E-state index contributed by atoms with van der Waals surface area (Å²) in [6, 6.07) is 3.82. The van der Waals surface area contributed by atoms with E-state index in [9.17, 15) is 0 Å². The summed E-state index contributed by atoms with van der Waals surface area (Å²) in [6.45, 7) is 3.51. The van der Waals surface area contributed by atoms with E-state index in [0.29, 0.717) is 12.5 Å². The third-order valence-electron chi connectivity index (χ3n) is 2.55.